The molecular weight excluding hydrogens is 388 g/mol. The van der Waals surface area contributed by atoms with Gasteiger partial charge in [0.05, 0.1) is 0 Å². The molecule has 2 nitrogen and oxygen atoms in total. The summed E-state index contributed by atoms with van der Waals surface area (Å²) in [5.41, 5.74) is 11.1. The van der Waals surface area contributed by atoms with Crippen LogP contribution in [-0.2, 0) is 5.41 Å². The van der Waals surface area contributed by atoms with Crippen LogP contribution in [-0.4, -0.2) is 18.0 Å². The van der Waals surface area contributed by atoms with Crippen LogP contribution >= 0.6 is 11.6 Å². The molecule has 0 aliphatic heterocycles. The van der Waals surface area contributed by atoms with E-state index < -0.39 is 0 Å². The van der Waals surface area contributed by atoms with Gasteiger partial charge in [-0.1, -0.05) is 55.2 Å². The number of anilines is 1. The van der Waals surface area contributed by atoms with Gasteiger partial charge in [-0.3, -0.25) is 0 Å². The van der Waals surface area contributed by atoms with E-state index in [1.54, 1.807) is 0 Å². The van der Waals surface area contributed by atoms with E-state index in [4.69, 9.17) is 17.3 Å². The first kappa shape index (κ1) is 24.3. The van der Waals surface area contributed by atoms with Crippen molar-refractivity contribution in [2.75, 3.05) is 18.8 Å². The first-order chi connectivity index (χ1) is 14.5. The molecule has 1 saturated carbocycles. The highest BCUT2D eigenvalue weighted by Crippen LogP contribution is 2.45. The molecular formula is C27H39ClN2. The summed E-state index contributed by atoms with van der Waals surface area (Å²) in [4.78, 5) is 2.37. The molecule has 1 aromatic rings. The van der Waals surface area contributed by atoms with Crippen molar-refractivity contribution in [1.82, 2.24) is 4.90 Å². The van der Waals surface area contributed by atoms with Gasteiger partial charge in [-0.05, 0) is 88.4 Å². The smallest absolute Gasteiger partial charge is 0.0410 e. The van der Waals surface area contributed by atoms with Gasteiger partial charge in [0.2, 0.25) is 0 Å². The summed E-state index contributed by atoms with van der Waals surface area (Å²) in [5.74, 6) is 0. The first-order valence-electron chi connectivity index (χ1n) is 11.4. The molecule has 1 aromatic carbocycles. The number of halogens is 1. The second kappa shape index (κ2) is 12.1. The van der Waals surface area contributed by atoms with Crippen LogP contribution in [0.15, 0.2) is 65.9 Å². The Bertz CT molecular complexity index is 791. The highest BCUT2D eigenvalue weighted by atomic mass is 35.5. The minimum atomic E-state index is 0.110. The largest absolute Gasteiger partial charge is 0.398 e. The predicted molar refractivity (Wildman–Crippen MR) is 134 cm³/mol. The van der Waals surface area contributed by atoms with Crippen molar-refractivity contribution in [3.8, 4) is 0 Å². The van der Waals surface area contributed by atoms with E-state index in [0.717, 1.165) is 30.2 Å². The molecule has 2 N–H and O–H groups in total. The maximum Gasteiger partial charge on any atom is 0.0410 e. The lowest BCUT2D eigenvalue weighted by Crippen LogP contribution is -2.29. The predicted octanol–water partition coefficient (Wildman–Crippen LogP) is 7.82. The Balaban J connectivity index is 2.20. The maximum atomic E-state index is 6.38. The zero-order valence-electron chi connectivity index (χ0n) is 19.3. The lowest BCUT2D eigenvalue weighted by molar-refractivity contribution is 0.296. The normalized spacial score (nSPS) is 17.8. The number of rotatable bonds is 9. The lowest BCUT2D eigenvalue weighted by atomic mass is 9.67. The van der Waals surface area contributed by atoms with Crippen LogP contribution in [0.2, 0.25) is 5.02 Å². The van der Waals surface area contributed by atoms with Gasteiger partial charge < -0.3 is 10.6 Å². The third kappa shape index (κ3) is 6.54. The summed E-state index contributed by atoms with van der Waals surface area (Å²) in [6.07, 6.45) is 20.5. The number of hydrogen-bond donors (Lipinski definition) is 1. The van der Waals surface area contributed by atoms with Gasteiger partial charge in [0.25, 0.3) is 0 Å². The van der Waals surface area contributed by atoms with E-state index in [-0.39, 0.29) is 5.41 Å². The van der Waals surface area contributed by atoms with Crippen molar-refractivity contribution in [3.05, 3.63) is 76.5 Å². The summed E-state index contributed by atoms with van der Waals surface area (Å²) in [6.45, 7) is 10.7. The zero-order chi connectivity index (χ0) is 22.0. The standard InChI is InChI=1S/C27H39ClN2/c1-5-13-24(30(6-2)7-3)20-22(4)14-9-12-19-27(17-10-8-11-18-27)25-21-23(28)15-16-26(25)29/h5,9,12-16,20-21H,6-8,10-11,17-19,29H2,1-4H3/b12-9+,13-5-,22-14+,24-20+. The monoisotopic (exact) mass is 426 g/mol. The van der Waals surface area contributed by atoms with Gasteiger partial charge >= 0.3 is 0 Å². The molecule has 0 atom stereocenters. The molecule has 0 heterocycles. The van der Waals surface area contributed by atoms with Gasteiger partial charge in [0.15, 0.2) is 0 Å². The molecule has 0 amide bonds. The minimum absolute atomic E-state index is 0.110. The molecule has 1 aliphatic rings. The Kier molecular flexibility index (Phi) is 9.78. The van der Waals surface area contributed by atoms with E-state index >= 15 is 0 Å². The molecule has 0 unspecified atom stereocenters. The molecule has 1 aliphatic carbocycles. The number of nitrogen functional groups attached to an aromatic ring is 1. The second-order valence-corrected chi connectivity index (χ2v) is 8.79. The van der Waals surface area contributed by atoms with Crippen LogP contribution in [0.25, 0.3) is 0 Å². The number of benzene rings is 1. The van der Waals surface area contributed by atoms with E-state index in [1.165, 1.54) is 48.9 Å². The first-order valence-corrected chi connectivity index (χ1v) is 11.8. The van der Waals surface area contributed by atoms with Crippen LogP contribution in [0.1, 0.15) is 71.8 Å². The molecule has 2 rings (SSSR count). The van der Waals surface area contributed by atoms with Gasteiger partial charge in [-0.2, -0.15) is 0 Å². The SMILES string of the molecule is C\C=C/C(=C\C(C)=C\C=C\CC1(c2cc(Cl)ccc2N)CCCCC1)N(CC)CC. The molecule has 0 spiro atoms. The van der Waals surface area contributed by atoms with Crippen LogP contribution in [0, 0.1) is 0 Å². The maximum absolute atomic E-state index is 6.38. The molecule has 164 valence electrons. The second-order valence-electron chi connectivity index (χ2n) is 8.36. The lowest BCUT2D eigenvalue weighted by Gasteiger charge is -2.38. The topological polar surface area (TPSA) is 29.3 Å². The molecule has 0 saturated heterocycles. The number of likely N-dealkylation sites (N-methyl/N-ethyl adjacent to an activating group) is 1. The number of hydrogen-bond acceptors (Lipinski definition) is 2. The Morgan fingerprint density at radius 2 is 1.87 bits per heavy atom. The summed E-state index contributed by atoms with van der Waals surface area (Å²) < 4.78 is 0. The Labute approximate surface area is 189 Å². The average molecular weight is 427 g/mol. The van der Waals surface area contributed by atoms with Crippen molar-refractivity contribution in [1.29, 1.82) is 0 Å². The minimum Gasteiger partial charge on any atom is -0.398 e. The molecule has 30 heavy (non-hydrogen) atoms. The summed E-state index contributed by atoms with van der Waals surface area (Å²) in [5, 5.41) is 0.780. The number of allylic oxidation sites excluding steroid dienone is 7. The molecule has 3 heteroatoms. The molecule has 0 bridgehead atoms. The highest BCUT2D eigenvalue weighted by molar-refractivity contribution is 6.30. The van der Waals surface area contributed by atoms with E-state index in [2.05, 4.69) is 75.1 Å². The molecule has 0 radical (unpaired) electrons. The van der Waals surface area contributed by atoms with Crippen molar-refractivity contribution < 1.29 is 0 Å². The Morgan fingerprint density at radius 1 is 1.17 bits per heavy atom. The average Bonchev–Trinajstić information content (AvgIpc) is 2.74. The molecule has 0 aromatic heterocycles. The summed E-state index contributed by atoms with van der Waals surface area (Å²) >= 11 is 6.33. The highest BCUT2D eigenvalue weighted by Gasteiger charge is 2.34. The number of nitrogens with two attached hydrogens (primary N) is 1. The zero-order valence-corrected chi connectivity index (χ0v) is 20.0. The van der Waals surface area contributed by atoms with Crippen molar-refractivity contribution >= 4 is 17.3 Å². The fourth-order valence-electron chi connectivity index (χ4n) is 4.60. The Hall–Kier alpha value is -1.93. The van der Waals surface area contributed by atoms with Crippen LogP contribution in [0.3, 0.4) is 0 Å². The Morgan fingerprint density at radius 3 is 2.50 bits per heavy atom. The van der Waals surface area contributed by atoms with E-state index in [1.807, 2.05) is 12.1 Å². The van der Waals surface area contributed by atoms with Crippen molar-refractivity contribution in [2.24, 2.45) is 0 Å². The van der Waals surface area contributed by atoms with Crippen LogP contribution in [0.5, 0.6) is 0 Å². The molecule has 1 fully saturated rings. The van der Waals surface area contributed by atoms with Crippen LogP contribution < -0.4 is 5.73 Å². The van der Waals surface area contributed by atoms with Crippen molar-refractivity contribution in [2.45, 2.75) is 71.6 Å². The van der Waals surface area contributed by atoms with E-state index in [9.17, 15) is 0 Å². The van der Waals surface area contributed by atoms with Crippen molar-refractivity contribution in [3.63, 3.8) is 0 Å². The fraction of sp³-hybridized carbons (Fsp3) is 0.481. The van der Waals surface area contributed by atoms with Gasteiger partial charge in [-0.15, -0.1) is 0 Å². The third-order valence-electron chi connectivity index (χ3n) is 6.24. The summed E-state index contributed by atoms with van der Waals surface area (Å²) in [7, 11) is 0. The summed E-state index contributed by atoms with van der Waals surface area (Å²) in [6, 6.07) is 5.94. The van der Waals surface area contributed by atoms with Gasteiger partial charge in [0.1, 0.15) is 0 Å². The fourth-order valence-corrected chi connectivity index (χ4v) is 4.77. The quantitative estimate of drug-likeness (QED) is 0.322. The van der Waals surface area contributed by atoms with Crippen LogP contribution in [0.4, 0.5) is 5.69 Å². The van der Waals surface area contributed by atoms with E-state index in [0.29, 0.717) is 0 Å². The van der Waals surface area contributed by atoms with Gasteiger partial charge in [-0.25, -0.2) is 0 Å². The third-order valence-corrected chi connectivity index (χ3v) is 6.48. The number of nitrogens with zero attached hydrogens (tertiary/aromatic N) is 1. The van der Waals surface area contributed by atoms with Gasteiger partial charge in [0, 0.05) is 34.9 Å².